The number of methoxy groups -OCH3 is 2. The third-order valence-electron chi connectivity index (χ3n) is 1.85. The summed E-state index contributed by atoms with van der Waals surface area (Å²) in [6.07, 6.45) is 0. The summed E-state index contributed by atoms with van der Waals surface area (Å²) in [4.78, 5) is 22.8. The molecule has 0 radical (unpaired) electrons. The van der Waals surface area contributed by atoms with Crippen molar-refractivity contribution in [1.82, 2.24) is 0 Å². The van der Waals surface area contributed by atoms with E-state index in [1.165, 1.54) is 26.4 Å². The van der Waals surface area contributed by atoms with Crippen LogP contribution in [0.2, 0.25) is 0 Å². The van der Waals surface area contributed by atoms with Crippen molar-refractivity contribution < 1.29 is 19.1 Å². The molecule has 0 aliphatic heterocycles. The van der Waals surface area contributed by atoms with E-state index in [2.05, 4.69) is 22.1 Å². The summed E-state index contributed by atoms with van der Waals surface area (Å²) in [6.45, 7) is 0. The van der Waals surface area contributed by atoms with E-state index < -0.39 is 11.9 Å². The highest BCUT2D eigenvalue weighted by atomic mass is 32.1. The molecule has 5 heteroatoms. The highest BCUT2D eigenvalue weighted by molar-refractivity contribution is 7.80. The zero-order valence-electron chi connectivity index (χ0n) is 8.31. The highest BCUT2D eigenvalue weighted by Crippen LogP contribution is 2.20. The van der Waals surface area contributed by atoms with E-state index in [1.54, 1.807) is 6.07 Å². The second-order valence-electron chi connectivity index (χ2n) is 2.68. The van der Waals surface area contributed by atoms with E-state index >= 15 is 0 Å². The minimum absolute atomic E-state index is 0.240. The molecule has 0 bridgehead atoms. The van der Waals surface area contributed by atoms with Crippen LogP contribution in [0.3, 0.4) is 0 Å². The smallest absolute Gasteiger partial charge is 0.339 e. The first-order valence-corrected chi connectivity index (χ1v) is 4.55. The molecule has 1 aromatic carbocycles. The number of rotatable bonds is 2. The fourth-order valence-corrected chi connectivity index (χ4v) is 1.42. The molecule has 0 unspecified atom stereocenters. The number of thiol groups is 1. The molecular weight excluding hydrogens is 216 g/mol. The summed E-state index contributed by atoms with van der Waals surface area (Å²) in [6, 6.07) is 4.62. The largest absolute Gasteiger partial charge is 0.465 e. The van der Waals surface area contributed by atoms with Crippen molar-refractivity contribution in [1.29, 1.82) is 0 Å². The van der Waals surface area contributed by atoms with Crippen LogP contribution in [0.4, 0.5) is 0 Å². The molecule has 0 saturated heterocycles. The van der Waals surface area contributed by atoms with Crippen molar-refractivity contribution in [3.8, 4) is 0 Å². The van der Waals surface area contributed by atoms with Crippen LogP contribution in [0.25, 0.3) is 0 Å². The summed E-state index contributed by atoms with van der Waals surface area (Å²) in [5, 5.41) is 0. The fourth-order valence-electron chi connectivity index (χ4n) is 1.09. The number of hydrogen-bond acceptors (Lipinski definition) is 5. The number of esters is 2. The molecule has 0 N–H and O–H groups in total. The normalized spacial score (nSPS) is 9.53. The van der Waals surface area contributed by atoms with E-state index in [-0.39, 0.29) is 16.0 Å². The summed E-state index contributed by atoms with van der Waals surface area (Å²) in [5.74, 6) is -1.07. The lowest BCUT2D eigenvalue weighted by Gasteiger charge is -2.06. The molecule has 0 aromatic heterocycles. The second kappa shape index (κ2) is 4.84. The van der Waals surface area contributed by atoms with Gasteiger partial charge in [-0.1, -0.05) is 6.07 Å². The van der Waals surface area contributed by atoms with E-state index in [0.717, 1.165) is 0 Å². The average Bonchev–Trinajstić information content (AvgIpc) is 2.27. The maximum Gasteiger partial charge on any atom is 0.339 e. The monoisotopic (exact) mass is 226 g/mol. The molecule has 0 heterocycles. The molecule has 4 nitrogen and oxygen atoms in total. The molecule has 15 heavy (non-hydrogen) atoms. The van der Waals surface area contributed by atoms with Gasteiger partial charge in [-0.3, -0.25) is 0 Å². The first-order valence-electron chi connectivity index (χ1n) is 4.10. The van der Waals surface area contributed by atoms with Gasteiger partial charge in [0.2, 0.25) is 0 Å². The minimum atomic E-state index is -0.536. The first kappa shape index (κ1) is 11.6. The summed E-state index contributed by atoms with van der Waals surface area (Å²) in [7, 11) is 2.53. The maximum absolute atomic E-state index is 11.3. The molecule has 0 aliphatic rings. The van der Waals surface area contributed by atoms with Gasteiger partial charge in [0.1, 0.15) is 0 Å². The van der Waals surface area contributed by atoms with Gasteiger partial charge < -0.3 is 9.47 Å². The Hall–Kier alpha value is -1.49. The van der Waals surface area contributed by atoms with Crippen molar-refractivity contribution in [2.24, 2.45) is 0 Å². The lowest BCUT2D eigenvalue weighted by Crippen LogP contribution is -2.08. The zero-order valence-corrected chi connectivity index (χ0v) is 9.21. The lowest BCUT2D eigenvalue weighted by molar-refractivity contribution is 0.0591. The molecule has 0 spiro atoms. The lowest BCUT2D eigenvalue weighted by atomic mass is 10.1. The molecule has 0 saturated carbocycles. The Morgan fingerprint density at radius 3 is 1.80 bits per heavy atom. The number of benzene rings is 1. The topological polar surface area (TPSA) is 52.6 Å². The summed E-state index contributed by atoms with van der Waals surface area (Å²) >= 11 is 4.10. The molecular formula is C10H10O4S. The van der Waals surface area contributed by atoms with Crippen molar-refractivity contribution in [3.05, 3.63) is 29.3 Å². The van der Waals surface area contributed by atoms with Crippen molar-refractivity contribution in [2.75, 3.05) is 14.2 Å². The average molecular weight is 226 g/mol. The third kappa shape index (κ3) is 2.30. The van der Waals surface area contributed by atoms with Gasteiger partial charge in [-0.25, -0.2) is 9.59 Å². The fraction of sp³-hybridized carbons (Fsp3) is 0.200. The van der Waals surface area contributed by atoms with Gasteiger partial charge in [-0.05, 0) is 12.1 Å². The van der Waals surface area contributed by atoms with Crippen molar-refractivity contribution in [3.63, 3.8) is 0 Å². The molecule has 80 valence electrons. The number of ether oxygens (including phenoxy) is 2. The molecule has 1 rings (SSSR count). The van der Waals surface area contributed by atoms with Crippen molar-refractivity contribution >= 4 is 24.6 Å². The Balaban J connectivity index is 3.23. The van der Waals surface area contributed by atoms with Crippen LogP contribution >= 0.6 is 12.6 Å². The van der Waals surface area contributed by atoms with Gasteiger partial charge in [0, 0.05) is 4.90 Å². The van der Waals surface area contributed by atoms with Crippen LogP contribution in [-0.4, -0.2) is 26.2 Å². The maximum atomic E-state index is 11.3. The Morgan fingerprint density at radius 1 is 1.07 bits per heavy atom. The second-order valence-corrected chi connectivity index (χ2v) is 3.13. The van der Waals surface area contributed by atoms with E-state index in [4.69, 9.17) is 0 Å². The van der Waals surface area contributed by atoms with Gasteiger partial charge in [-0.15, -0.1) is 12.6 Å². The van der Waals surface area contributed by atoms with Crippen LogP contribution in [0, 0.1) is 0 Å². The Morgan fingerprint density at radius 2 is 1.47 bits per heavy atom. The van der Waals surface area contributed by atoms with Crippen LogP contribution in [0.15, 0.2) is 23.1 Å². The zero-order chi connectivity index (χ0) is 11.4. The molecule has 0 aliphatic carbocycles. The van der Waals surface area contributed by atoms with Crippen LogP contribution in [0.1, 0.15) is 20.7 Å². The van der Waals surface area contributed by atoms with Crippen molar-refractivity contribution in [2.45, 2.75) is 4.90 Å². The SMILES string of the molecule is COC(=O)c1cccc(C(=O)OC)c1S. The highest BCUT2D eigenvalue weighted by Gasteiger charge is 2.16. The van der Waals surface area contributed by atoms with Crippen LogP contribution in [-0.2, 0) is 9.47 Å². The van der Waals surface area contributed by atoms with E-state index in [1.807, 2.05) is 0 Å². The molecule has 0 amide bonds. The Labute approximate surface area is 92.6 Å². The number of carbonyl (C=O) groups excluding carboxylic acids is 2. The van der Waals surface area contributed by atoms with Gasteiger partial charge in [-0.2, -0.15) is 0 Å². The molecule has 1 aromatic rings. The quantitative estimate of drug-likeness (QED) is 0.614. The summed E-state index contributed by atoms with van der Waals surface area (Å²) in [5.41, 5.74) is 0.479. The number of carbonyl (C=O) groups is 2. The molecule has 0 fully saturated rings. The van der Waals surface area contributed by atoms with E-state index in [9.17, 15) is 9.59 Å². The first-order chi connectivity index (χ1) is 7.11. The Kier molecular flexibility index (Phi) is 3.74. The van der Waals surface area contributed by atoms with Gasteiger partial charge in [0.15, 0.2) is 0 Å². The van der Waals surface area contributed by atoms with Crippen LogP contribution < -0.4 is 0 Å². The summed E-state index contributed by atoms with van der Waals surface area (Å²) < 4.78 is 9.09. The minimum Gasteiger partial charge on any atom is -0.465 e. The van der Waals surface area contributed by atoms with Gasteiger partial charge in [0.05, 0.1) is 25.3 Å². The van der Waals surface area contributed by atoms with E-state index in [0.29, 0.717) is 0 Å². The van der Waals surface area contributed by atoms with Gasteiger partial charge in [0.25, 0.3) is 0 Å². The third-order valence-corrected chi connectivity index (χ3v) is 2.33. The molecule has 0 atom stereocenters. The number of hydrogen-bond donors (Lipinski definition) is 1. The predicted molar refractivity (Wildman–Crippen MR) is 56.4 cm³/mol. The van der Waals surface area contributed by atoms with Gasteiger partial charge >= 0.3 is 11.9 Å². The van der Waals surface area contributed by atoms with Crippen LogP contribution in [0.5, 0.6) is 0 Å². The Bertz CT molecular complexity index is 366. The standard InChI is InChI=1S/C10H10O4S/c1-13-9(11)6-4-3-5-7(8(6)15)10(12)14-2/h3-5,15H,1-2H3. The predicted octanol–water partition coefficient (Wildman–Crippen LogP) is 1.55.